The average Bonchev–Trinajstić information content (AvgIpc) is 2.89. The van der Waals surface area contributed by atoms with Crippen molar-refractivity contribution in [1.82, 2.24) is 10.3 Å². The molecule has 0 saturated heterocycles. The predicted molar refractivity (Wildman–Crippen MR) is 85.0 cm³/mol. The molecule has 3 nitrogen and oxygen atoms in total. The van der Waals surface area contributed by atoms with Crippen LogP contribution in [0.25, 0.3) is 0 Å². The summed E-state index contributed by atoms with van der Waals surface area (Å²) in [5.74, 6) is 0. The molecule has 4 heteroatoms. The van der Waals surface area contributed by atoms with Crippen LogP contribution in [-0.2, 0) is 16.9 Å². The second-order valence-corrected chi connectivity index (χ2v) is 7.62. The van der Waals surface area contributed by atoms with E-state index in [0.29, 0.717) is 5.41 Å². The maximum atomic E-state index is 6.20. The van der Waals surface area contributed by atoms with Crippen LogP contribution in [0.15, 0.2) is 6.20 Å². The fourth-order valence-corrected chi connectivity index (χ4v) is 3.96. The van der Waals surface area contributed by atoms with Crippen molar-refractivity contribution >= 4 is 11.3 Å². The normalized spacial score (nSPS) is 21.0. The largest absolute Gasteiger partial charge is 0.368 e. The zero-order valence-corrected chi connectivity index (χ0v) is 14.1. The van der Waals surface area contributed by atoms with Crippen molar-refractivity contribution in [2.75, 3.05) is 13.2 Å². The number of nitrogens with zero attached hydrogens (tertiary/aromatic N) is 1. The van der Waals surface area contributed by atoms with E-state index < -0.39 is 0 Å². The Labute approximate surface area is 127 Å². The summed E-state index contributed by atoms with van der Waals surface area (Å²) in [5, 5.41) is 4.55. The summed E-state index contributed by atoms with van der Waals surface area (Å²) in [5.41, 5.74) is 0.323. The van der Waals surface area contributed by atoms with Crippen LogP contribution in [0.3, 0.4) is 0 Å². The third-order valence-corrected chi connectivity index (χ3v) is 5.51. The van der Waals surface area contributed by atoms with Crippen LogP contribution in [0.4, 0.5) is 0 Å². The number of hydrogen-bond acceptors (Lipinski definition) is 4. The lowest BCUT2D eigenvalue weighted by molar-refractivity contribution is -0.0890. The van der Waals surface area contributed by atoms with Crippen molar-refractivity contribution in [2.45, 2.75) is 65.5 Å². The molecule has 1 saturated carbocycles. The van der Waals surface area contributed by atoms with Crippen molar-refractivity contribution in [3.8, 4) is 0 Å². The smallest absolute Gasteiger partial charge is 0.125 e. The zero-order chi connectivity index (χ0) is 14.6. The lowest BCUT2D eigenvalue weighted by atomic mass is 9.71. The lowest BCUT2D eigenvalue weighted by Gasteiger charge is -2.42. The Balaban J connectivity index is 2.14. The van der Waals surface area contributed by atoms with Gasteiger partial charge in [-0.1, -0.05) is 20.8 Å². The molecule has 114 valence electrons. The first-order chi connectivity index (χ1) is 9.51. The first-order valence-electron chi connectivity index (χ1n) is 7.81. The Hall–Kier alpha value is -0.450. The minimum absolute atomic E-state index is 0.126. The topological polar surface area (TPSA) is 34.2 Å². The number of ether oxygens (including phenoxy) is 1. The maximum Gasteiger partial charge on any atom is 0.125 e. The molecule has 1 aromatic rings. The summed E-state index contributed by atoms with van der Waals surface area (Å²) in [4.78, 5) is 6.00. The van der Waals surface area contributed by atoms with Gasteiger partial charge in [0.1, 0.15) is 10.6 Å². The van der Waals surface area contributed by atoms with E-state index in [4.69, 9.17) is 4.74 Å². The number of hydrogen-bond donors (Lipinski definition) is 1. The van der Waals surface area contributed by atoms with Gasteiger partial charge in [0.2, 0.25) is 0 Å². The van der Waals surface area contributed by atoms with E-state index in [1.54, 1.807) is 0 Å². The molecule has 0 spiro atoms. The van der Waals surface area contributed by atoms with E-state index in [-0.39, 0.29) is 5.60 Å². The van der Waals surface area contributed by atoms with Crippen LogP contribution >= 0.6 is 11.3 Å². The van der Waals surface area contributed by atoms with E-state index in [1.165, 1.54) is 22.7 Å². The highest BCUT2D eigenvalue weighted by molar-refractivity contribution is 7.11. The van der Waals surface area contributed by atoms with Crippen molar-refractivity contribution in [2.24, 2.45) is 5.41 Å². The summed E-state index contributed by atoms with van der Waals surface area (Å²) in [7, 11) is 0. The molecular weight excluding hydrogens is 268 g/mol. The highest BCUT2D eigenvalue weighted by Gasteiger charge is 2.42. The highest BCUT2D eigenvalue weighted by atomic mass is 32.1. The summed E-state index contributed by atoms with van der Waals surface area (Å²) >= 11 is 1.82. The van der Waals surface area contributed by atoms with E-state index in [2.05, 4.69) is 38.0 Å². The molecule has 1 aliphatic rings. The molecule has 1 fully saturated rings. The van der Waals surface area contributed by atoms with E-state index in [9.17, 15) is 0 Å². The fourth-order valence-electron chi connectivity index (χ4n) is 2.87. The molecule has 0 radical (unpaired) electrons. The first kappa shape index (κ1) is 15.9. The zero-order valence-electron chi connectivity index (χ0n) is 13.3. The summed E-state index contributed by atoms with van der Waals surface area (Å²) in [6.45, 7) is 11.6. The van der Waals surface area contributed by atoms with Crippen LogP contribution < -0.4 is 5.32 Å². The molecule has 0 atom stereocenters. The summed E-state index contributed by atoms with van der Waals surface area (Å²) in [6, 6.07) is 0. The molecule has 1 aromatic heterocycles. The minimum Gasteiger partial charge on any atom is -0.368 e. The molecule has 1 heterocycles. The van der Waals surface area contributed by atoms with Gasteiger partial charge in [-0.2, -0.15) is 0 Å². The molecule has 0 unspecified atom stereocenters. The molecule has 2 rings (SSSR count). The van der Waals surface area contributed by atoms with Crippen molar-refractivity contribution in [3.63, 3.8) is 0 Å². The lowest BCUT2D eigenvalue weighted by Crippen LogP contribution is -2.37. The predicted octanol–water partition coefficient (Wildman–Crippen LogP) is 4.08. The van der Waals surface area contributed by atoms with E-state index in [1.807, 2.05) is 17.5 Å². The van der Waals surface area contributed by atoms with Gasteiger partial charge in [-0.3, -0.25) is 0 Å². The van der Waals surface area contributed by atoms with Gasteiger partial charge in [0, 0.05) is 24.2 Å². The van der Waals surface area contributed by atoms with Crippen LogP contribution in [0.5, 0.6) is 0 Å². The quantitative estimate of drug-likeness (QED) is 0.858. The van der Waals surface area contributed by atoms with Gasteiger partial charge in [0.15, 0.2) is 0 Å². The second kappa shape index (κ2) is 6.54. The van der Waals surface area contributed by atoms with Gasteiger partial charge in [0.05, 0.1) is 0 Å². The number of aromatic nitrogens is 1. The number of nitrogens with one attached hydrogen (secondary N) is 1. The molecule has 0 bridgehead atoms. The van der Waals surface area contributed by atoms with E-state index in [0.717, 1.165) is 32.5 Å². The monoisotopic (exact) mass is 296 g/mol. The van der Waals surface area contributed by atoms with Crippen LogP contribution in [0.1, 0.15) is 63.3 Å². The van der Waals surface area contributed by atoms with Gasteiger partial charge in [-0.25, -0.2) is 4.98 Å². The molecular formula is C16H28N2OS. The minimum atomic E-state index is -0.126. The van der Waals surface area contributed by atoms with Crippen molar-refractivity contribution < 1.29 is 4.74 Å². The fraction of sp³-hybridized carbons (Fsp3) is 0.812. The average molecular weight is 296 g/mol. The Morgan fingerprint density at radius 3 is 2.55 bits per heavy atom. The van der Waals surface area contributed by atoms with Crippen LogP contribution in [0, 0.1) is 5.41 Å². The van der Waals surface area contributed by atoms with Gasteiger partial charge in [0.25, 0.3) is 0 Å². The Bertz CT molecular complexity index is 418. The number of rotatable bonds is 6. The maximum absolute atomic E-state index is 6.20. The highest BCUT2D eigenvalue weighted by Crippen LogP contribution is 2.48. The molecule has 0 amide bonds. The summed E-state index contributed by atoms with van der Waals surface area (Å²) in [6.07, 6.45) is 6.65. The first-order valence-corrected chi connectivity index (χ1v) is 8.63. The van der Waals surface area contributed by atoms with Crippen molar-refractivity contribution in [1.29, 1.82) is 0 Å². The molecule has 20 heavy (non-hydrogen) atoms. The standard InChI is InChI=1S/C16H28N2OS/c1-5-17-11-13-12-18-14(20-13)16(19-6-2)9-7-15(3,4)8-10-16/h12,17H,5-11H2,1-4H3. The van der Waals surface area contributed by atoms with Gasteiger partial charge in [-0.15, -0.1) is 11.3 Å². The molecule has 1 N–H and O–H groups in total. The van der Waals surface area contributed by atoms with Crippen LogP contribution in [-0.4, -0.2) is 18.1 Å². The molecule has 1 aliphatic carbocycles. The SMILES string of the molecule is CCNCc1cnc(C2(OCC)CCC(C)(C)CC2)s1. The Morgan fingerprint density at radius 2 is 1.95 bits per heavy atom. The summed E-state index contributed by atoms with van der Waals surface area (Å²) < 4.78 is 6.20. The van der Waals surface area contributed by atoms with E-state index >= 15 is 0 Å². The third-order valence-electron chi connectivity index (χ3n) is 4.32. The Kier molecular flexibility index (Phi) is 5.21. The van der Waals surface area contributed by atoms with Gasteiger partial charge >= 0.3 is 0 Å². The van der Waals surface area contributed by atoms with Crippen LogP contribution in [0.2, 0.25) is 0 Å². The van der Waals surface area contributed by atoms with Gasteiger partial charge < -0.3 is 10.1 Å². The Morgan fingerprint density at radius 1 is 1.25 bits per heavy atom. The van der Waals surface area contributed by atoms with Crippen molar-refractivity contribution in [3.05, 3.63) is 16.1 Å². The number of thiazole rings is 1. The molecule has 0 aliphatic heterocycles. The second-order valence-electron chi connectivity index (χ2n) is 6.50. The third kappa shape index (κ3) is 3.60. The molecule has 0 aromatic carbocycles. The van der Waals surface area contributed by atoms with Gasteiger partial charge in [-0.05, 0) is 44.6 Å².